The number of para-hydroxylation sites is 1. The summed E-state index contributed by atoms with van der Waals surface area (Å²) in [6, 6.07) is 20.1. The molecule has 1 spiro atoms. The molecule has 2 aliphatic heterocycles. The second-order valence-electron chi connectivity index (χ2n) is 7.65. The smallest absolute Gasteiger partial charge is 0.250 e. The SMILES string of the molecule is O=C1Nc2ccccc2[C@]12NC(c1ccccc1)C([N+](=O)[O-])C2c1ccc(F)cc1. The second-order valence-corrected chi connectivity index (χ2v) is 7.65. The van der Waals surface area contributed by atoms with E-state index in [0.29, 0.717) is 16.8 Å². The maximum Gasteiger partial charge on any atom is 0.250 e. The molecule has 2 heterocycles. The van der Waals surface area contributed by atoms with Crippen LogP contribution in [0.25, 0.3) is 0 Å². The first-order valence-corrected chi connectivity index (χ1v) is 9.65. The van der Waals surface area contributed by atoms with Crippen LogP contribution >= 0.6 is 0 Å². The molecule has 0 bridgehead atoms. The maximum atomic E-state index is 13.6. The summed E-state index contributed by atoms with van der Waals surface area (Å²) in [5, 5.41) is 18.6. The highest BCUT2D eigenvalue weighted by atomic mass is 19.1. The zero-order valence-electron chi connectivity index (χ0n) is 15.8. The molecule has 6 nitrogen and oxygen atoms in total. The monoisotopic (exact) mass is 403 g/mol. The van der Waals surface area contributed by atoms with E-state index in [0.717, 1.165) is 5.56 Å². The molecule has 0 radical (unpaired) electrons. The van der Waals surface area contributed by atoms with Gasteiger partial charge in [0.25, 0.3) is 0 Å². The lowest BCUT2D eigenvalue weighted by Crippen LogP contribution is -2.48. The number of benzene rings is 3. The third-order valence-corrected chi connectivity index (χ3v) is 6.12. The predicted octanol–water partition coefficient (Wildman–Crippen LogP) is 3.75. The first-order valence-electron chi connectivity index (χ1n) is 9.65. The van der Waals surface area contributed by atoms with Gasteiger partial charge in [-0.15, -0.1) is 0 Å². The first-order chi connectivity index (χ1) is 14.5. The Morgan fingerprint density at radius 3 is 2.27 bits per heavy atom. The van der Waals surface area contributed by atoms with Crippen molar-refractivity contribution < 1.29 is 14.1 Å². The molecule has 150 valence electrons. The number of halogens is 1. The number of amides is 1. The van der Waals surface area contributed by atoms with Crippen molar-refractivity contribution in [2.75, 3.05) is 5.32 Å². The topological polar surface area (TPSA) is 84.3 Å². The fourth-order valence-corrected chi connectivity index (χ4v) is 4.90. The number of nitro groups is 1. The molecule has 2 N–H and O–H groups in total. The van der Waals surface area contributed by atoms with Crippen molar-refractivity contribution in [1.29, 1.82) is 0 Å². The fraction of sp³-hybridized carbons (Fsp3) is 0.174. The van der Waals surface area contributed by atoms with Crippen LogP contribution in [0.3, 0.4) is 0 Å². The van der Waals surface area contributed by atoms with Crippen molar-refractivity contribution in [3.05, 3.63) is 111 Å². The lowest BCUT2D eigenvalue weighted by molar-refractivity contribution is -0.527. The molecule has 3 aromatic carbocycles. The predicted molar refractivity (Wildman–Crippen MR) is 109 cm³/mol. The molecule has 2 aliphatic rings. The number of hydrogen-bond acceptors (Lipinski definition) is 4. The summed E-state index contributed by atoms with van der Waals surface area (Å²) >= 11 is 0. The lowest BCUT2D eigenvalue weighted by atomic mass is 9.74. The van der Waals surface area contributed by atoms with E-state index in [1.165, 1.54) is 24.3 Å². The number of anilines is 1. The van der Waals surface area contributed by atoms with Crippen LogP contribution in [-0.2, 0) is 10.3 Å². The number of fused-ring (bicyclic) bond motifs is 2. The largest absolute Gasteiger partial charge is 0.324 e. The van der Waals surface area contributed by atoms with E-state index in [9.17, 15) is 19.3 Å². The standard InChI is InChI=1S/C23H18FN3O3/c24-16-12-10-14(11-13-16)19-21(27(29)30)20(15-6-2-1-3-7-15)26-23(19)17-8-4-5-9-18(17)25-22(23)28/h1-13,19-21,26H,(H,25,28)/t19?,20?,21?,23-/m1/s1. The van der Waals surface area contributed by atoms with Gasteiger partial charge >= 0.3 is 0 Å². The molecule has 0 saturated carbocycles. The van der Waals surface area contributed by atoms with Crippen molar-refractivity contribution in [3.63, 3.8) is 0 Å². The third-order valence-electron chi connectivity index (χ3n) is 6.12. The van der Waals surface area contributed by atoms with Crippen molar-refractivity contribution in [2.45, 2.75) is 23.5 Å². The van der Waals surface area contributed by atoms with Crippen LogP contribution in [0.1, 0.15) is 28.7 Å². The average molecular weight is 403 g/mol. The molecule has 1 fully saturated rings. The van der Waals surface area contributed by atoms with Gasteiger partial charge in [-0.3, -0.25) is 20.2 Å². The summed E-state index contributed by atoms with van der Waals surface area (Å²) in [4.78, 5) is 25.4. The molecule has 3 aromatic rings. The molecular weight excluding hydrogens is 385 g/mol. The van der Waals surface area contributed by atoms with Gasteiger partial charge in [-0.2, -0.15) is 0 Å². The van der Waals surface area contributed by atoms with Crippen molar-refractivity contribution in [1.82, 2.24) is 5.32 Å². The van der Waals surface area contributed by atoms with E-state index < -0.39 is 29.4 Å². The Labute approximate surface area is 171 Å². The molecule has 3 unspecified atom stereocenters. The van der Waals surface area contributed by atoms with Crippen LogP contribution < -0.4 is 10.6 Å². The van der Waals surface area contributed by atoms with Crippen LogP contribution in [0.4, 0.5) is 10.1 Å². The Balaban J connectivity index is 1.77. The quantitative estimate of drug-likeness (QED) is 0.515. The summed E-state index contributed by atoms with van der Waals surface area (Å²) in [6.07, 6.45) is 0. The van der Waals surface area contributed by atoms with Gasteiger partial charge in [-0.05, 0) is 29.3 Å². The summed E-state index contributed by atoms with van der Waals surface area (Å²) in [7, 11) is 0. The van der Waals surface area contributed by atoms with Crippen LogP contribution in [0.5, 0.6) is 0 Å². The second kappa shape index (κ2) is 6.74. The van der Waals surface area contributed by atoms with Gasteiger partial charge < -0.3 is 5.32 Å². The molecule has 4 atom stereocenters. The fourth-order valence-electron chi connectivity index (χ4n) is 4.90. The Kier molecular flexibility index (Phi) is 4.15. The third kappa shape index (κ3) is 2.55. The minimum absolute atomic E-state index is 0.332. The maximum absolute atomic E-state index is 13.6. The minimum atomic E-state index is -1.34. The van der Waals surface area contributed by atoms with E-state index in [1.54, 1.807) is 24.3 Å². The van der Waals surface area contributed by atoms with E-state index in [1.807, 2.05) is 30.3 Å². The number of rotatable bonds is 3. The van der Waals surface area contributed by atoms with E-state index in [4.69, 9.17) is 0 Å². The molecule has 30 heavy (non-hydrogen) atoms. The van der Waals surface area contributed by atoms with Gasteiger partial charge in [0.15, 0.2) is 0 Å². The van der Waals surface area contributed by atoms with Gasteiger partial charge in [0.2, 0.25) is 11.9 Å². The Bertz CT molecular complexity index is 1140. The molecule has 5 rings (SSSR count). The molecule has 7 heteroatoms. The van der Waals surface area contributed by atoms with Crippen molar-refractivity contribution >= 4 is 11.6 Å². The summed E-state index contributed by atoms with van der Waals surface area (Å²) in [5.41, 5.74) is 1.20. The van der Waals surface area contributed by atoms with Crippen LogP contribution in [0, 0.1) is 15.9 Å². The van der Waals surface area contributed by atoms with Crippen molar-refractivity contribution in [3.8, 4) is 0 Å². The van der Waals surface area contributed by atoms with Crippen LogP contribution in [0.15, 0.2) is 78.9 Å². The number of hydrogen-bond donors (Lipinski definition) is 2. The van der Waals surface area contributed by atoms with Gasteiger partial charge in [-0.1, -0.05) is 60.7 Å². The van der Waals surface area contributed by atoms with Crippen molar-refractivity contribution in [2.24, 2.45) is 0 Å². The highest BCUT2D eigenvalue weighted by Gasteiger charge is 2.66. The number of nitrogens with zero attached hydrogens (tertiary/aromatic N) is 1. The van der Waals surface area contributed by atoms with Crippen LogP contribution in [0.2, 0.25) is 0 Å². The molecule has 0 aliphatic carbocycles. The number of carbonyl (C=O) groups excluding carboxylic acids is 1. The molecule has 1 amide bonds. The minimum Gasteiger partial charge on any atom is -0.324 e. The van der Waals surface area contributed by atoms with E-state index in [2.05, 4.69) is 10.6 Å². The van der Waals surface area contributed by atoms with Crippen LogP contribution in [-0.4, -0.2) is 16.9 Å². The summed E-state index contributed by atoms with van der Waals surface area (Å²) in [5.74, 6) is -1.61. The lowest BCUT2D eigenvalue weighted by Gasteiger charge is -2.29. The molecule has 1 saturated heterocycles. The Morgan fingerprint density at radius 2 is 1.57 bits per heavy atom. The Morgan fingerprint density at radius 1 is 0.900 bits per heavy atom. The number of nitrogens with one attached hydrogen (secondary N) is 2. The van der Waals surface area contributed by atoms with Gasteiger partial charge in [0, 0.05) is 16.2 Å². The van der Waals surface area contributed by atoms with E-state index in [-0.39, 0.29) is 10.8 Å². The Hall–Kier alpha value is -3.58. The molecule has 0 aromatic heterocycles. The zero-order valence-corrected chi connectivity index (χ0v) is 15.8. The molecular formula is C23H18FN3O3. The summed E-state index contributed by atoms with van der Waals surface area (Å²) in [6.45, 7) is 0. The normalized spacial score (nSPS) is 27.1. The first kappa shape index (κ1) is 18.4. The van der Waals surface area contributed by atoms with Gasteiger partial charge in [-0.25, -0.2) is 4.39 Å². The van der Waals surface area contributed by atoms with E-state index >= 15 is 0 Å². The highest BCUT2D eigenvalue weighted by Crippen LogP contribution is 2.55. The zero-order chi connectivity index (χ0) is 20.9. The number of carbonyl (C=O) groups is 1. The summed E-state index contributed by atoms with van der Waals surface area (Å²) < 4.78 is 13.6. The average Bonchev–Trinajstić information content (AvgIpc) is 3.26. The highest BCUT2D eigenvalue weighted by molar-refractivity contribution is 6.07. The van der Waals surface area contributed by atoms with Gasteiger partial charge in [0.05, 0.1) is 5.92 Å². The van der Waals surface area contributed by atoms with Gasteiger partial charge in [0.1, 0.15) is 17.4 Å².